The molecule has 1 saturated heterocycles. The third-order valence-electron chi connectivity index (χ3n) is 4.95. The number of alkyl halides is 3. The third kappa shape index (κ3) is 4.50. The molecule has 3 aromatic rings. The number of anilines is 2. The van der Waals surface area contributed by atoms with E-state index in [0.717, 1.165) is 6.07 Å². The Hall–Kier alpha value is -3.23. The summed E-state index contributed by atoms with van der Waals surface area (Å²) in [6.45, 7) is 0.976. The molecule has 3 heterocycles. The van der Waals surface area contributed by atoms with E-state index < -0.39 is 11.9 Å². The van der Waals surface area contributed by atoms with Crippen LogP contribution in [0.3, 0.4) is 0 Å². The summed E-state index contributed by atoms with van der Waals surface area (Å²) in [4.78, 5) is 13.9. The van der Waals surface area contributed by atoms with E-state index in [1.54, 1.807) is 41.3 Å². The highest BCUT2D eigenvalue weighted by Gasteiger charge is 2.35. The monoisotopic (exact) mass is 417 g/mol. The quantitative estimate of drug-likeness (QED) is 0.620. The molecule has 2 aromatic heterocycles. The average molecular weight is 417 g/mol. The summed E-state index contributed by atoms with van der Waals surface area (Å²) in [6.07, 6.45) is -1.83. The molecule has 156 valence electrons. The van der Waals surface area contributed by atoms with Gasteiger partial charge in [-0.25, -0.2) is 14.4 Å². The predicted octanol–water partition coefficient (Wildman–Crippen LogP) is 4.78. The molecule has 0 amide bonds. The minimum Gasteiger partial charge on any atom is -0.380 e. The van der Waals surface area contributed by atoms with Crippen molar-refractivity contribution in [2.75, 3.05) is 23.3 Å². The zero-order valence-corrected chi connectivity index (χ0v) is 15.9. The fourth-order valence-corrected chi connectivity index (χ4v) is 3.40. The van der Waals surface area contributed by atoms with Gasteiger partial charge in [-0.05, 0) is 37.1 Å². The Morgan fingerprint density at radius 2 is 1.70 bits per heavy atom. The van der Waals surface area contributed by atoms with Crippen LogP contribution in [0.1, 0.15) is 18.5 Å². The minimum absolute atomic E-state index is 0.0253. The van der Waals surface area contributed by atoms with Crippen molar-refractivity contribution in [3.05, 3.63) is 66.2 Å². The molecule has 5 nitrogen and oxygen atoms in total. The fourth-order valence-electron chi connectivity index (χ4n) is 3.40. The van der Waals surface area contributed by atoms with E-state index in [4.69, 9.17) is 0 Å². The van der Waals surface area contributed by atoms with E-state index in [-0.39, 0.29) is 29.2 Å². The number of hydrogen-bond donors (Lipinski definition) is 1. The van der Waals surface area contributed by atoms with Gasteiger partial charge in [-0.15, -0.1) is 0 Å². The van der Waals surface area contributed by atoms with Crippen molar-refractivity contribution in [3.63, 3.8) is 0 Å². The van der Waals surface area contributed by atoms with E-state index in [1.165, 1.54) is 12.3 Å². The molecule has 0 aliphatic carbocycles. The van der Waals surface area contributed by atoms with Gasteiger partial charge in [-0.2, -0.15) is 13.2 Å². The third-order valence-corrected chi connectivity index (χ3v) is 4.95. The number of pyridine rings is 1. The number of nitrogens with one attached hydrogen (secondary N) is 1. The molecule has 1 aliphatic heterocycles. The first kappa shape index (κ1) is 20.1. The lowest BCUT2D eigenvalue weighted by molar-refractivity contribution is -0.141. The van der Waals surface area contributed by atoms with Crippen molar-refractivity contribution < 1.29 is 17.6 Å². The molecule has 0 radical (unpaired) electrons. The van der Waals surface area contributed by atoms with Gasteiger partial charge in [0.05, 0.1) is 5.69 Å². The van der Waals surface area contributed by atoms with Gasteiger partial charge < -0.3 is 10.2 Å². The van der Waals surface area contributed by atoms with Crippen LogP contribution in [-0.4, -0.2) is 34.1 Å². The summed E-state index contributed by atoms with van der Waals surface area (Å²) in [6, 6.07) is 12.3. The highest BCUT2D eigenvalue weighted by atomic mass is 19.4. The summed E-state index contributed by atoms with van der Waals surface area (Å²) in [5.41, 5.74) is -0.296. The van der Waals surface area contributed by atoms with E-state index in [1.807, 2.05) is 0 Å². The van der Waals surface area contributed by atoms with E-state index in [9.17, 15) is 17.6 Å². The first-order valence-electron chi connectivity index (χ1n) is 9.54. The second kappa shape index (κ2) is 8.25. The zero-order valence-electron chi connectivity index (χ0n) is 15.9. The van der Waals surface area contributed by atoms with E-state index >= 15 is 0 Å². The van der Waals surface area contributed by atoms with Crippen LogP contribution in [0.25, 0.3) is 11.5 Å². The topological polar surface area (TPSA) is 53.9 Å². The number of rotatable bonds is 4. The fraction of sp³-hybridized carbons (Fsp3) is 0.286. The molecule has 0 spiro atoms. The summed E-state index contributed by atoms with van der Waals surface area (Å²) in [7, 11) is 0. The first-order chi connectivity index (χ1) is 14.4. The molecular weight excluding hydrogens is 398 g/mol. The molecule has 30 heavy (non-hydrogen) atoms. The highest BCUT2D eigenvalue weighted by molar-refractivity contribution is 5.54. The Morgan fingerprint density at radius 3 is 2.37 bits per heavy atom. The van der Waals surface area contributed by atoms with Crippen LogP contribution in [0.5, 0.6) is 0 Å². The number of halogens is 4. The number of benzene rings is 1. The maximum atomic E-state index is 13.8. The van der Waals surface area contributed by atoms with Gasteiger partial charge in [-0.1, -0.05) is 18.2 Å². The van der Waals surface area contributed by atoms with Gasteiger partial charge in [0.1, 0.15) is 17.3 Å². The molecule has 1 aliphatic rings. The Kier molecular flexibility index (Phi) is 5.52. The normalized spacial score (nSPS) is 15.3. The van der Waals surface area contributed by atoms with Crippen molar-refractivity contribution in [2.45, 2.75) is 25.1 Å². The van der Waals surface area contributed by atoms with Crippen LogP contribution >= 0.6 is 0 Å². The van der Waals surface area contributed by atoms with Crippen molar-refractivity contribution in [1.29, 1.82) is 0 Å². The molecule has 1 N–H and O–H groups in total. The second-order valence-electron chi connectivity index (χ2n) is 7.03. The van der Waals surface area contributed by atoms with Gasteiger partial charge in [-0.3, -0.25) is 4.98 Å². The Morgan fingerprint density at radius 1 is 0.967 bits per heavy atom. The summed E-state index contributed by atoms with van der Waals surface area (Å²) in [5.74, 6) is -0.181. The van der Waals surface area contributed by atoms with Gasteiger partial charge in [0.15, 0.2) is 11.5 Å². The summed E-state index contributed by atoms with van der Waals surface area (Å²) < 4.78 is 54.0. The van der Waals surface area contributed by atoms with E-state index in [0.29, 0.717) is 31.6 Å². The lowest BCUT2D eigenvalue weighted by Crippen LogP contribution is -2.40. The van der Waals surface area contributed by atoms with Crippen molar-refractivity contribution in [1.82, 2.24) is 15.0 Å². The standard InChI is InChI=1S/C21H19F4N5/c22-15-5-1-2-6-16(15)27-14-8-11-30(12-9-14)19-13-18(21(23,24)25)28-20(29-19)17-7-3-4-10-26-17/h1-7,10,13-14,27H,8-9,11-12H2. The Labute approximate surface area is 170 Å². The van der Waals surface area contributed by atoms with Crippen LogP contribution in [-0.2, 0) is 6.18 Å². The number of piperidine rings is 1. The average Bonchev–Trinajstić information content (AvgIpc) is 2.76. The molecule has 4 rings (SSSR count). The molecule has 9 heteroatoms. The number of nitrogens with zero attached hydrogens (tertiary/aromatic N) is 4. The van der Waals surface area contributed by atoms with Crippen LogP contribution < -0.4 is 10.2 Å². The number of para-hydroxylation sites is 1. The molecule has 1 fully saturated rings. The van der Waals surface area contributed by atoms with Gasteiger partial charge in [0.2, 0.25) is 0 Å². The second-order valence-corrected chi connectivity index (χ2v) is 7.03. The molecule has 0 saturated carbocycles. The number of aromatic nitrogens is 3. The van der Waals surface area contributed by atoms with Crippen molar-refractivity contribution >= 4 is 11.5 Å². The summed E-state index contributed by atoms with van der Waals surface area (Å²) >= 11 is 0. The molecule has 0 unspecified atom stereocenters. The lowest BCUT2D eigenvalue weighted by Gasteiger charge is -2.34. The zero-order chi connectivity index (χ0) is 21.1. The molecule has 0 bridgehead atoms. The van der Waals surface area contributed by atoms with E-state index in [2.05, 4.69) is 20.3 Å². The smallest absolute Gasteiger partial charge is 0.380 e. The van der Waals surface area contributed by atoms with Crippen LogP contribution in [0.15, 0.2) is 54.7 Å². The largest absolute Gasteiger partial charge is 0.433 e. The van der Waals surface area contributed by atoms with Crippen LogP contribution in [0.4, 0.5) is 29.1 Å². The Bertz CT molecular complexity index is 1000. The van der Waals surface area contributed by atoms with Gasteiger partial charge in [0.25, 0.3) is 0 Å². The highest BCUT2D eigenvalue weighted by Crippen LogP contribution is 2.32. The minimum atomic E-state index is -4.59. The van der Waals surface area contributed by atoms with Crippen molar-refractivity contribution in [3.8, 4) is 11.5 Å². The van der Waals surface area contributed by atoms with Gasteiger partial charge in [0, 0.05) is 31.4 Å². The lowest BCUT2D eigenvalue weighted by atomic mass is 10.0. The van der Waals surface area contributed by atoms with Gasteiger partial charge >= 0.3 is 6.18 Å². The van der Waals surface area contributed by atoms with Crippen LogP contribution in [0.2, 0.25) is 0 Å². The molecule has 1 aromatic carbocycles. The first-order valence-corrected chi connectivity index (χ1v) is 9.54. The number of hydrogen-bond acceptors (Lipinski definition) is 5. The molecular formula is C21H19F4N5. The molecule has 0 atom stereocenters. The predicted molar refractivity (Wildman–Crippen MR) is 106 cm³/mol. The SMILES string of the molecule is Fc1ccccc1NC1CCN(c2cc(C(F)(F)F)nc(-c3ccccn3)n2)CC1. The maximum absolute atomic E-state index is 13.8. The maximum Gasteiger partial charge on any atom is 0.433 e. The summed E-state index contributed by atoms with van der Waals surface area (Å²) in [5, 5.41) is 3.17. The Balaban J connectivity index is 1.53. The van der Waals surface area contributed by atoms with Crippen LogP contribution in [0, 0.1) is 5.82 Å². The van der Waals surface area contributed by atoms with Crippen molar-refractivity contribution in [2.24, 2.45) is 0 Å².